The fourth-order valence-corrected chi connectivity index (χ4v) is 5.25. The summed E-state index contributed by atoms with van der Waals surface area (Å²) >= 11 is 0. The number of phenols is 1. The molecule has 0 bridgehead atoms. The molecule has 3 aromatic rings. The first-order valence-electron chi connectivity index (χ1n) is 12.3. The lowest BCUT2D eigenvalue weighted by Crippen LogP contribution is -2.36. The number of nitrogens with one attached hydrogen (secondary N) is 1. The number of aromatic hydroxyl groups is 1. The predicted molar refractivity (Wildman–Crippen MR) is 138 cm³/mol. The number of carbonyl (C=O) groups excluding carboxylic acids is 2. The van der Waals surface area contributed by atoms with Crippen molar-refractivity contribution in [1.82, 2.24) is 5.32 Å². The topological polar surface area (TPSA) is 75.6 Å². The van der Waals surface area contributed by atoms with Gasteiger partial charge in [0.15, 0.2) is 5.78 Å². The van der Waals surface area contributed by atoms with Gasteiger partial charge in [0, 0.05) is 35.7 Å². The standard InChI is InChI=1S/C31H29NO4/c1-20-28(31(35)36-17-16-21-8-4-2-5-9-21)29(23-12-14-25(33)15-13-23)30-26(32-20)18-24(19-27(30)34)22-10-6-3-7-11-22/h2-15,24,29,32-33H,16-19H2,1H3/t24-,29+/m1/s1. The Hall–Kier alpha value is -4.12. The molecule has 0 spiro atoms. The van der Waals surface area contributed by atoms with Gasteiger partial charge in [-0.25, -0.2) is 4.79 Å². The second-order valence-electron chi connectivity index (χ2n) is 9.39. The van der Waals surface area contributed by atoms with Crippen LogP contribution in [0.1, 0.15) is 48.3 Å². The number of Topliss-reactive ketones (excluding diaryl/α,β-unsaturated/α-hetero) is 1. The fraction of sp³-hybridized carbons (Fsp3) is 0.226. The fourth-order valence-electron chi connectivity index (χ4n) is 5.25. The number of hydrogen-bond acceptors (Lipinski definition) is 5. The van der Waals surface area contributed by atoms with E-state index in [0.29, 0.717) is 36.1 Å². The van der Waals surface area contributed by atoms with Crippen molar-refractivity contribution >= 4 is 11.8 Å². The molecule has 36 heavy (non-hydrogen) atoms. The number of ketones is 1. The van der Waals surface area contributed by atoms with E-state index in [2.05, 4.69) is 17.4 Å². The molecule has 2 N–H and O–H groups in total. The van der Waals surface area contributed by atoms with Crippen molar-refractivity contribution < 1.29 is 19.4 Å². The van der Waals surface area contributed by atoms with E-state index in [4.69, 9.17) is 4.74 Å². The zero-order valence-corrected chi connectivity index (χ0v) is 20.2. The molecule has 0 aromatic heterocycles. The summed E-state index contributed by atoms with van der Waals surface area (Å²) < 4.78 is 5.72. The zero-order valence-electron chi connectivity index (χ0n) is 20.2. The van der Waals surface area contributed by atoms with E-state index in [9.17, 15) is 14.7 Å². The number of dihydropyridines is 1. The lowest BCUT2D eigenvalue weighted by Gasteiger charge is -2.36. The summed E-state index contributed by atoms with van der Waals surface area (Å²) in [6, 6.07) is 26.7. The molecule has 1 heterocycles. The van der Waals surface area contributed by atoms with E-state index in [1.165, 1.54) is 0 Å². The average molecular weight is 480 g/mol. The quantitative estimate of drug-likeness (QED) is 0.454. The lowest BCUT2D eigenvalue weighted by molar-refractivity contribution is -0.139. The SMILES string of the molecule is CC1=C(C(=O)OCCc2ccccc2)[C@H](c2ccc(O)cc2)C2=C(C[C@@H](c3ccccc3)CC2=O)N1. The van der Waals surface area contributed by atoms with Crippen LogP contribution in [-0.2, 0) is 20.7 Å². The van der Waals surface area contributed by atoms with E-state index in [1.807, 2.05) is 55.5 Å². The summed E-state index contributed by atoms with van der Waals surface area (Å²) in [4.78, 5) is 27.0. The third-order valence-electron chi connectivity index (χ3n) is 7.01. The van der Waals surface area contributed by atoms with Crippen LogP contribution >= 0.6 is 0 Å². The molecule has 5 rings (SSSR count). The maximum atomic E-state index is 13.6. The van der Waals surface area contributed by atoms with Gasteiger partial charge in [-0.1, -0.05) is 72.8 Å². The third kappa shape index (κ3) is 4.82. The van der Waals surface area contributed by atoms with Gasteiger partial charge in [-0.05, 0) is 48.1 Å². The van der Waals surface area contributed by atoms with Crippen molar-refractivity contribution in [2.75, 3.05) is 6.61 Å². The van der Waals surface area contributed by atoms with Crippen LogP contribution in [0.4, 0.5) is 0 Å². The maximum absolute atomic E-state index is 13.6. The Balaban J connectivity index is 1.46. The van der Waals surface area contributed by atoms with Gasteiger partial charge in [0.1, 0.15) is 5.75 Å². The van der Waals surface area contributed by atoms with Gasteiger partial charge in [0.25, 0.3) is 0 Å². The number of rotatable bonds is 6. The molecule has 0 unspecified atom stereocenters. The molecule has 1 aliphatic carbocycles. The first-order valence-corrected chi connectivity index (χ1v) is 12.3. The van der Waals surface area contributed by atoms with Crippen LogP contribution < -0.4 is 5.32 Å². The minimum absolute atomic E-state index is 0.0257. The number of carbonyl (C=O) groups is 2. The van der Waals surface area contributed by atoms with Crippen molar-refractivity contribution in [3.63, 3.8) is 0 Å². The third-order valence-corrected chi connectivity index (χ3v) is 7.01. The Labute approximate surface area is 211 Å². The van der Waals surface area contributed by atoms with Crippen LogP contribution in [0.25, 0.3) is 0 Å². The van der Waals surface area contributed by atoms with Crippen LogP contribution in [0.2, 0.25) is 0 Å². The molecule has 0 saturated carbocycles. The highest BCUT2D eigenvalue weighted by atomic mass is 16.5. The van der Waals surface area contributed by atoms with E-state index in [0.717, 1.165) is 22.4 Å². The van der Waals surface area contributed by atoms with Crippen molar-refractivity contribution in [2.24, 2.45) is 0 Å². The molecule has 0 amide bonds. The summed E-state index contributed by atoms with van der Waals surface area (Å²) in [5, 5.41) is 13.2. The minimum atomic E-state index is -0.546. The Morgan fingerprint density at radius 2 is 1.58 bits per heavy atom. The molecule has 0 saturated heterocycles. The molecule has 5 heteroatoms. The van der Waals surface area contributed by atoms with Gasteiger partial charge in [-0.3, -0.25) is 4.79 Å². The summed E-state index contributed by atoms with van der Waals surface area (Å²) in [5.41, 5.74) is 5.62. The van der Waals surface area contributed by atoms with Crippen LogP contribution in [0.15, 0.2) is 107 Å². The number of allylic oxidation sites excluding steroid dienone is 3. The second kappa shape index (κ2) is 10.2. The molecular weight excluding hydrogens is 450 g/mol. The monoisotopic (exact) mass is 479 g/mol. The van der Waals surface area contributed by atoms with Crippen molar-refractivity contribution in [3.05, 3.63) is 124 Å². The Morgan fingerprint density at radius 3 is 2.28 bits per heavy atom. The van der Waals surface area contributed by atoms with Crippen molar-refractivity contribution in [2.45, 2.75) is 38.0 Å². The van der Waals surface area contributed by atoms with Crippen LogP contribution in [0, 0.1) is 0 Å². The summed E-state index contributed by atoms with van der Waals surface area (Å²) in [6.45, 7) is 2.11. The second-order valence-corrected chi connectivity index (χ2v) is 9.39. The summed E-state index contributed by atoms with van der Waals surface area (Å²) in [7, 11) is 0. The van der Waals surface area contributed by atoms with Crippen molar-refractivity contribution in [1.29, 1.82) is 0 Å². The van der Waals surface area contributed by atoms with Crippen LogP contribution in [-0.4, -0.2) is 23.5 Å². The Kier molecular flexibility index (Phi) is 6.72. The first kappa shape index (κ1) is 23.6. The zero-order chi connectivity index (χ0) is 25.1. The molecule has 182 valence electrons. The largest absolute Gasteiger partial charge is 0.508 e. The van der Waals surface area contributed by atoms with E-state index >= 15 is 0 Å². The average Bonchev–Trinajstić information content (AvgIpc) is 2.89. The van der Waals surface area contributed by atoms with Gasteiger partial charge < -0.3 is 15.2 Å². The molecule has 3 aromatic carbocycles. The van der Waals surface area contributed by atoms with Gasteiger partial charge in [-0.15, -0.1) is 0 Å². The lowest BCUT2D eigenvalue weighted by atomic mass is 9.72. The molecule has 1 aliphatic heterocycles. The molecule has 2 atom stereocenters. The van der Waals surface area contributed by atoms with Crippen LogP contribution in [0.3, 0.4) is 0 Å². The van der Waals surface area contributed by atoms with Gasteiger partial charge in [0.2, 0.25) is 0 Å². The molecule has 0 fully saturated rings. The van der Waals surface area contributed by atoms with E-state index in [1.54, 1.807) is 24.3 Å². The number of hydrogen-bond donors (Lipinski definition) is 2. The number of ether oxygens (including phenoxy) is 1. The number of phenolic OH excluding ortho intramolecular Hbond substituents is 1. The maximum Gasteiger partial charge on any atom is 0.336 e. The predicted octanol–water partition coefficient (Wildman–Crippen LogP) is 5.54. The highest BCUT2D eigenvalue weighted by Crippen LogP contribution is 2.45. The highest BCUT2D eigenvalue weighted by molar-refractivity contribution is 6.04. The van der Waals surface area contributed by atoms with Gasteiger partial charge in [0.05, 0.1) is 12.2 Å². The van der Waals surface area contributed by atoms with Crippen molar-refractivity contribution in [3.8, 4) is 5.75 Å². The first-order chi connectivity index (χ1) is 17.5. The Bertz CT molecular complexity index is 1320. The minimum Gasteiger partial charge on any atom is -0.508 e. The number of esters is 1. The molecular formula is C31H29NO4. The smallest absolute Gasteiger partial charge is 0.336 e. The summed E-state index contributed by atoms with van der Waals surface area (Å²) in [6.07, 6.45) is 1.68. The number of benzene rings is 3. The highest BCUT2D eigenvalue weighted by Gasteiger charge is 2.41. The normalized spacial score (nSPS) is 19.5. The van der Waals surface area contributed by atoms with Crippen LogP contribution in [0.5, 0.6) is 5.75 Å². The molecule has 0 radical (unpaired) electrons. The summed E-state index contributed by atoms with van der Waals surface area (Å²) in [5.74, 6) is -0.738. The van der Waals surface area contributed by atoms with E-state index in [-0.39, 0.29) is 24.1 Å². The molecule has 2 aliphatic rings. The molecule has 5 nitrogen and oxygen atoms in total. The van der Waals surface area contributed by atoms with Gasteiger partial charge in [-0.2, -0.15) is 0 Å². The van der Waals surface area contributed by atoms with E-state index < -0.39 is 11.9 Å². The Morgan fingerprint density at radius 1 is 0.917 bits per heavy atom. The van der Waals surface area contributed by atoms with Gasteiger partial charge >= 0.3 is 5.97 Å².